The van der Waals surface area contributed by atoms with E-state index in [2.05, 4.69) is 5.32 Å². The van der Waals surface area contributed by atoms with Gasteiger partial charge in [-0.15, -0.1) is 0 Å². The minimum atomic E-state index is -4.38. The summed E-state index contributed by atoms with van der Waals surface area (Å²) in [5, 5.41) is 2.74. The minimum Gasteiger partial charge on any atom is -0.355 e. The van der Waals surface area contributed by atoms with Crippen LogP contribution in [-0.2, 0) is 17.5 Å². The van der Waals surface area contributed by atoms with Gasteiger partial charge in [0.1, 0.15) is 0 Å². The molecule has 0 aromatic heterocycles. The normalized spacial score (nSPS) is 13.3. The number of likely N-dealkylation sites (N-methyl/N-ethyl adjacent to an activating group) is 1. The van der Waals surface area contributed by atoms with Gasteiger partial charge in [-0.2, -0.15) is 13.2 Å². The van der Waals surface area contributed by atoms with Crippen LogP contribution in [0.5, 0.6) is 0 Å². The number of nitrogens with one attached hydrogen (secondary N) is 1. The molecule has 0 aliphatic rings. The topological polar surface area (TPSA) is 32.3 Å². The Balaban J connectivity index is 2.79. The predicted molar refractivity (Wildman–Crippen MR) is 75.7 cm³/mol. The third kappa shape index (κ3) is 5.04. The molecule has 0 saturated heterocycles. The molecule has 1 aromatic rings. The molecule has 1 amide bonds. The van der Waals surface area contributed by atoms with Gasteiger partial charge in [-0.3, -0.25) is 9.69 Å². The zero-order valence-corrected chi connectivity index (χ0v) is 12.5. The quantitative estimate of drug-likeness (QED) is 0.876. The molecule has 0 spiro atoms. The van der Waals surface area contributed by atoms with E-state index in [-0.39, 0.29) is 18.0 Å². The molecule has 0 radical (unpaired) electrons. The fourth-order valence-corrected chi connectivity index (χ4v) is 1.94. The molecular weight excluding hydrogens is 281 g/mol. The van der Waals surface area contributed by atoms with E-state index in [1.54, 1.807) is 24.9 Å². The molecule has 0 aliphatic heterocycles. The van der Waals surface area contributed by atoms with Gasteiger partial charge in [-0.05, 0) is 32.0 Å². The van der Waals surface area contributed by atoms with Crippen molar-refractivity contribution in [3.8, 4) is 0 Å². The molecule has 1 rings (SSSR count). The second-order valence-electron chi connectivity index (χ2n) is 5.04. The Morgan fingerprint density at radius 1 is 1.33 bits per heavy atom. The number of benzene rings is 1. The molecule has 0 aliphatic carbocycles. The van der Waals surface area contributed by atoms with Crippen molar-refractivity contribution in [2.75, 3.05) is 13.6 Å². The zero-order chi connectivity index (χ0) is 16.0. The van der Waals surface area contributed by atoms with Crippen LogP contribution < -0.4 is 5.32 Å². The predicted octanol–water partition coefficient (Wildman–Crippen LogP) is 3.05. The van der Waals surface area contributed by atoms with Crippen LogP contribution in [-0.4, -0.2) is 30.4 Å². The van der Waals surface area contributed by atoms with Crippen molar-refractivity contribution in [2.24, 2.45) is 0 Å². The Labute approximate surface area is 123 Å². The molecule has 21 heavy (non-hydrogen) atoms. The Morgan fingerprint density at radius 3 is 2.52 bits per heavy atom. The average molecular weight is 302 g/mol. The van der Waals surface area contributed by atoms with Crippen molar-refractivity contribution in [3.63, 3.8) is 0 Å². The fraction of sp³-hybridized carbons (Fsp3) is 0.533. The van der Waals surface area contributed by atoms with Crippen molar-refractivity contribution >= 4 is 5.91 Å². The minimum absolute atomic E-state index is 0.0659. The van der Waals surface area contributed by atoms with Gasteiger partial charge in [0.2, 0.25) is 5.91 Å². The van der Waals surface area contributed by atoms with Gasteiger partial charge in [-0.25, -0.2) is 0 Å². The summed E-state index contributed by atoms with van der Waals surface area (Å²) in [7, 11) is 1.64. The van der Waals surface area contributed by atoms with Gasteiger partial charge in [0.15, 0.2) is 0 Å². The highest BCUT2D eigenvalue weighted by Gasteiger charge is 2.33. The Morgan fingerprint density at radius 2 is 1.95 bits per heavy atom. The second-order valence-corrected chi connectivity index (χ2v) is 5.04. The molecule has 3 nitrogen and oxygen atoms in total. The average Bonchev–Trinajstić information content (AvgIpc) is 2.43. The number of rotatable bonds is 6. The number of carbonyl (C=O) groups excluding carboxylic acids is 1. The van der Waals surface area contributed by atoms with Crippen LogP contribution in [0.25, 0.3) is 0 Å². The Bertz CT molecular complexity index is 474. The van der Waals surface area contributed by atoms with E-state index in [9.17, 15) is 18.0 Å². The molecule has 0 saturated carbocycles. The van der Waals surface area contributed by atoms with Crippen LogP contribution in [0.1, 0.15) is 31.4 Å². The van der Waals surface area contributed by atoms with Gasteiger partial charge >= 0.3 is 6.18 Å². The first-order valence-electron chi connectivity index (χ1n) is 6.90. The molecule has 0 fully saturated rings. The van der Waals surface area contributed by atoms with Crippen LogP contribution >= 0.6 is 0 Å². The van der Waals surface area contributed by atoms with Gasteiger partial charge in [0, 0.05) is 13.1 Å². The number of carbonyl (C=O) groups is 1. The summed E-state index contributed by atoms with van der Waals surface area (Å²) in [5.74, 6) is -0.177. The van der Waals surface area contributed by atoms with E-state index in [0.29, 0.717) is 6.54 Å². The van der Waals surface area contributed by atoms with E-state index in [4.69, 9.17) is 0 Å². The van der Waals surface area contributed by atoms with E-state index in [1.165, 1.54) is 12.1 Å². The van der Waals surface area contributed by atoms with Gasteiger partial charge in [0.05, 0.1) is 11.6 Å². The first kappa shape index (κ1) is 17.5. The summed E-state index contributed by atoms with van der Waals surface area (Å²) in [6.07, 6.45) is -3.57. The van der Waals surface area contributed by atoms with Crippen LogP contribution in [0.15, 0.2) is 24.3 Å². The maximum absolute atomic E-state index is 12.9. The zero-order valence-electron chi connectivity index (χ0n) is 12.5. The lowest BCUT2D eigenvalue weighted by atomic mass is 10.1. The molecule has 1 N–H and O–H groups in total. The number of amides is 1. The van der Waals surface area contributed by atoms with Crippen molar-refractivity contribution in [3.05, 3.63) is 35.4 Å². The van der Waals surface area contributed by atoms with Crippen LogP contribution in [0, 0.1) is 0 Å². The van der Waals surface area contributed by atoms with Gasteiger partial charge < -0.3 is 5.32 Å². The number of hydrogen-bond donors (Lipinski definition) is 1. The van der Waals surface area contributed by atoms with Gasteiger partial charge in [0.25, 0.3) is 0 Å². The highest BCUT2D eigenvalue weighted by atomic mass is 19.4. The summed E-state index contributed by atoms with van der Waals surface area (Å²) in [4.78, 5) is 13.4. The Hall–Kier alpha value is -1.56. The maximum Gasteiger partial charge on any atom is 0.416 e. The monoisotopic (exact) mass is 302 g/mol. The van der Waals surface area contributed by atoms with E-state index in [0.717, 1.165) is 12.5 Å². The lowest BCUT2D eigenvalue weighted by molar-refractivity contribution is -0.138. The van der Waals surface area contributed by atoms with Crippen molar-refractivity contribution in [1.82, 2.24) is 10.2 Å². The summed E-state index contributed by atoms with van der Waals surface area (Å²) < 4.78 is 38.8. The molecule has 6 heteroatoms. The smallest absolute Gasteiger partial charge is 0.355 e. The van der Waals surface area contributed by atoms with Crippen molar-refractivity contribution in [1.29, 1.82) is 0 Å². The standard InChI is InChI=1S/C15H21F3N2O/c1-4-9-19-14(21)11(2)20(3)10-12-7-5-6-8-13(12)15(16,17)18/h5-8,11H,4,9-10H2,1-3H3,(H,19,21). The Kier molecular flexibility index (Phi) is 6.20. The van der Waals surface area contributed by atoms with E-state index >= 15 is 0 Å². The highest BCUT2D eigenvalue weighted by molar-refractivity contribution is 5.81. The first-order valence-corrected chi connectivity index (χ1v) is 6.90. The largest absolute Gasteiger partial charge is 0.416 e. The third-order valence-electron chi connectivity index (χ3n) is 3.33. The molecular formula is C15H21F3N2O. The number of hydrogen-bond acceptors (Lipinski definition) is 2. The first-order chi connectivity index (χ1) is 9.77. The molecule has 1 atom stereocenters. The fourth-order valence-electron chi connectivity index (χ4n) is 1.94. The summed E-state index contributed by atoms with van der Waals surface area (Å²) in [5.41, 5.74) is -0.486. The van der Waals surface area contributed by atoms with E-state index in [1.807, 2.05) is 6.92 Å². The molecule has 0 heterocycles. The lowest BCUT2D eigenvalue weighted by Gasteiger charge is -2.25. The molecule has 1 aromatic carbocycles. The van der Waals surface area contributed by atoms with Crippen molar-refractivity contribution in [2.45, 2.75) is 39.0 Å². The molecule has 0 bridgehead atoms. The van der Waals surface area contributed by atoms with Crippen molar-refractivity contribution < 1.29 is 18.0 Å². The third-order valence-corrected chi connectivity index (χ3v) is 3.33. The van der Waals surface area contributed by atoms with Crippen LogP contribution in [0.3, 0.4) is 0 Å². The summed E-state index contributed by atoms with van der Waals surface area (Å²) in [6.45, 7) is 4.25. The lowest BCUT2D eigenvalue weighted by Crippen LogP contribution is -2.43. The number of alkyl halides is 3. The number of halogens is 3. The number of nitrogens with zero attached hydrogens (tertiary/aromatic N) is 1. The van der Waals surface area contributed by atoms with Crippen LogP contribution in [0.4, 0.5) is 13.2 Å². The SMILES string of the molecule is CCCNC(=O)C(C)N(C)Cc1ccccc1C(F)(F)F. The summed E-state index contributed by atoms with van der Waals surface area (Å²) in [6, 6.07) is 4.95. The highest BCUT2D eigenvalue weighted by Crippen LogP contribution is 2.32. The van der Waals surface area contributed by atoms with E-state index < -0.39 is 17.8 Å². The second kappa shape index (κ2) is 7.45. The molecule has 1 unspecified atom stereocenters. The summed E-state index contributed by atoms with van der Waals surface area (Å²) >= 11 is 0. The van der Waals surface area contributed by atoms with Crippen LogP contribution in [0.2, 0.25) is 0 Å². The van der Waals surface area contributed by atoms with Gasteiger partial charge in [-0.1, -0.05) is 25.1 Å². The molecule has 118 valence electrons. The maximum atomic E-state index is 12.9.